The van der Waals surface area contributed by atoms with Crippen molar-refractivity contribution < 1.29 is 23.6 Å². The summed E-state index contributed by atoms with van der Waals surface area (Å²) in [6.07, 6.45) is 4.58. The van der Waals surface area contributed by atoms with Crippen LogP contribution in [-0.2, 0) is 14.4 Å². The Hall–Kier alpha value is -2.94. The van der Waals surface area contributed by atoms with Gasteiger partial charge >= 0.3 is 0 Å². The molecule has 1 saturated heterocycles. The van der Waals surface area contributed by atoms with E-state index in [-0.39, 0.29) is 52.3 Å². The highest BCUT2D eigenvalue weighted by Gasteiger charge is 2.69. The molecule has 2 saturated carbocycles. The topological polar surface area (TPSA) is 111 Å². The van der Waals surface area contributed by atoms with Gasteiger partial charge < -0.3 is 20.5 Å². The molecule has 2 heterocycles. The number of hydrogen-bond donors (Lipinski definition) is 3. The van der Waals surface area contributed by atoms with Gasteiger partial charge in [0.25, 0.3) is 5.91 Å². The van der Waals surface area contributed by atoms with Gasteiger partial charge in [0.2, 0.25) is 11.8 Å². The van der Waals surface area contributed by atoms with Gasteiger partial charge in [0.1, 0.15) is 23.6 Å². The molecule has 5 rings (SSSR count). The van der Waals surface area contributed by atoms with Crippen LogP contribution in [0.5, 0.6) is 0 Å². The van der Waals surface area contributed by atoms with Crippen molar-refractivity contribution in [2.24, 2.45) is 23.2 Å². The van der Waals surface area contributed by atoms with E-state index < -0.39 is 29.8 Å². The first-order valence-corrected chi connectivity index (χ1v) is 14.4. The molecule has 3 aliphatic rings. The maximum atomic E-state index is 14.3. The largest absolute Gasteiger partial charge is 0.350 e. The zero-order chi connectivity index (χ0) is 28.1. The number of alkyl halides is 1. The van der Waals surface area contributed by atoms with Crippen molar-refractivity contribution in [2.75, 3.05) is 12.4 Å². The van der Waals surface area contributed by atoms with Crippen molar-refractivity contribution >= 4 is 46.0 Å². The number of nitrogens with one attached hydrogen (secondary N) is 3. The zero-order valence-electron chi connectivity index (χ0n) is 22.6. The Morgan fingerprint density at radius 2 is 1.87 bits per heavy atom. The van der Waals surface area contributed by atoms with Gasteiger partial charge in [-0.15, -0.1) is 11.6 Å². The van der Waals surface area contributed by atoms with Crippen molar-refractivity contribution in [1.82, 2.24) is 20.5 Å². The molecule has 0 radical (unpaired) electrons. The van der Waals surface area contributed by atoms with Gasteiger partial charge in [0.05, 0.1) is 11.9 Å². The first kappa shape index (κ1) is 27.6. The average molecular weight is 559 g/mol. The SMILES string of the molecule is CC(NC(=O)[C@@H]1[C@@H]2[C@H](CN1C(=O)C(NC(=O)c1cc3c(F)cccc3[nH]1)C1CCCCC1)C2(C)C)C(=O)CCl. The third-order valence-corrected chi connectivity index (χ3v) is 9.53. The lowest BCUT2D eigenvalue weighted by Crippen LogP contribution is -2.59. The summed E-state index contributed by atoms with van der Waals surface area (Å²) in [5.41, 5.74) is 0.577. The van der Waals surface area contributed by atoms with Crippen molar-refractivity contribution in [1.29, 1.82) is 0 Å². The summed E-state index contributed by atoms with van der Waals surface area (Å²) in [6.45, 7) is 6.19. The first-order chi connectivity index (χ1) is 18.5. The molecule has 5 atom stereocenters. The lowest BCUT2D eigenvalue weighted by atomic mass is 9.83. The Bertz CT molecular complexity index is 1300. The Kier molecular flexibility index (Phi) is 7.48. The van der Waals surface area contributed by atoms with E-state index in [1.165, 1.54) is 12.1 Å². The highest BCUT2D eigenvalue weighted by molar-refractivity contribution is 6.28. The van der Waals surface area contributed by atoms with Crippen LogP contribution in [0.15, 0.2) is 24.3 Å². The number of fused-ring (bicyclic) bond motifs is 2. The monoisotopic (exact) mass is 558 g/mol. The number of benzene rings is 1. The van der Waals surface area contributed by atoms with E-state index in [0.29, 0.717) is 17.4 Å². The second-order valence-corrected chi connectivity index (χ2v) is 12.2. The third-order valence-electron chi connectivity index (χ3n) is 9.26. The Morgan fingerprint density at radius 1 is 1.15 bits per heavy atom. The van der Waals surface area contributed by atoms with E-state index in [9.17, 15) is 23.6 Å². The summed E-state index contributed by atoms with van der Waals surface area (Å²) in [5.74, 6) is -2.01. The second-order valence-electron chi connectivity index (χ2n) is 12.0. The van der Waals surface area contributed by atoms with Crippen molar-refractivity contribution in [3.05, 3.63) is 35.8 Å². The Balaban J connectivity index is 1.40. The summed E-state index contributed by atoms with van der Waals surface area (Å²) in [4.78, 5) is 57.6. The molecule has 2 aliphatic carbocycles. The number of rotatable bonds is 8. The summed E-state index contributed by atoms with van der Waals surface area (Å²) in [7, 11) is 0. The van der Waals surface area contributed by atoms with E-state index in [2.05, 4.69) is 29.5 Å². The number of halogens is 2. The van der Waals surface area contributed by atoms with Crippen LogP contribution >= 0.6 is 11.6 Å². The number of hydrogen-bond acceptors (Lipinski definition) is 4. The van der Waals surface area contributed by atoms with Crippen LogP contribution in [0, 0.1) is 29.0 Å². The van der Waals surface area contributed by atoms with Gasteiger partial charge in [0, 0.05) is 17.4 Å². The average Bonchev–Trinajstić information content (AvgIpc) is 3.31. The summed E-state index contributed by atoms with van der Waals surface area (Å²) in [5, 5.41) is 6.02. The van der Waals surface area contributed by atoms with E-state index in [0.717, 1.165) is 32.1 Å². The molecule has 10 heteroatoms. The minimum atomic E-state index is -0.813. The van der Waals surface area contributed by atoms with Gasteiger partial charge in [-0.25, -0.2) is 4.39 Å². The lowest BCUT2D eigenvalue weighted by molar-refractivity contribution is -0.143. The summed E-state index contributed by atoms with van der Waals surface area (Å²) < 4.78 is 14.3. The van der Waals surface area contributed by atoms with Crippen molar-refractivity contribution in [3.8, 4) is 0 Å². The predicted octanol–water partition coefficient (Wildman–Crippen LogP) is 3.78. The molecular weight excluding hydrogens is 523 g/mol. The lowest BCUT2D eigenvalue weighted by Gasteiger charge is -2.37. The molecule has 1 aromatic heterocycles. The van der Waals surface area contributed by atoms with E-state index in [1.807, 2.05) is 0 Å². The summed E-state index contributed by atoms with van der Waals surface area (Å²) in [6, 6.07) is 3.75. The van der Waals surface area contributed by atoms with Crippen LogP contribution in [-0.4, -0.2) is 63.9 Å². The van der Waals surface area contributed by atoms with Crippen LogP contribution in [0.1, 0.15) is 63.4 Å². The molecule has 39 heavy (non-hydrogen) atoms. The van der Waals surface area contributed by atoms with Gasteiger partial charge in [-0.05, 0) is 61.1 Å². The van der Waals surface area contributed by atoms with Crippen LogP contribution in [0.3, 0.4) is 0 Å². The third kappa shape index (κ3) is 5.06. The fraction of sp³-hybridized carbons (Fsp3) is 0.586. The van der Waals surface area contributed by atoms with Gasteiger partial charge in [-0.1, -0.05) is 39.2 Å². The number of piperidine rings is 1. The molecule has 8 nitrogen and oxygen atoms in total. The highest BCUT2D eigenvalue weighted by Crippen LogP contribution is 2.65. The number of ketones is 1. The standard InChI is InChI=1S/C29H36ClFN4O4/c1-15(22(36)13-30)32-27(38)25-23-18(29(23,2)3)14-35(25)28(39)24(16-8-5-4-6-9-16)34-26(37)21-12-17-19(31)10-7-11-20(17)33-21/h7,10-12,15-16,18,23-25,33H,4-6,8-9,13-14H2,1-3H3,(H,32,38)(H,34,37)/t15?,18-,23-,24?,25-/m0/s1. The number of likely N-dealkylation sites (tertiary alicyclic amines) is 1. The molecule has 3 fully saturated rings. The molecule has 1 aromatic carbocycles. The fourth-order valence-electron chi connectivity index (χ4n) is 6.80. The first-order valence-electron chi connectivity index (χ1n) is 13.8. The molecule has 3 amide bonds. The van der Waals surface area contributed by atoms with Gasteiger partial charge in [0.15, 0.2) is 5.78 Å². The second kappa shape index (κ2) is 10.6. The molecule has 2 aromatic rings. The minimum Gasteiger partial charge on any atom is -0.350 e. The van der Waals surface area contributed by atoms with E-state index >= 15 is 0 Å². The minimum absolute atomic E-state index is 0.0286. The van der Waals surface area contributed by atoms with Crippen molar-refractivity contribution in [3.63, 3.8) is 0 Å². The number of Topliss-reactive ketones (excluding diaryl/α,β-unsaturated/α-hetero) is 1. The quantitative estimate of drug-likeness (QED) is 0.428. The van der Waals surface area contributed by atoms with Crippen LogP contribution < -0.4 is 10.6 Å². The smallest absolute Gasteiger partial charge is 0.268 e. The molecule has 2 unspecified atom stereocenters. The van der Waals surface area contributed by atoms with Crippen molar-refractivity contribution in [2.45, 2.75) is 71.0 Å². The molecule has 210 valence electrons. The highest BCUT2D eigenvalue weighted by atomic mass is 35.5. The molecule has 3 N–H and O–H groups in total. The van der Waals surface area contributed by atoms with Crippen LogP contribution in [0.25, 0.3) is 10.9 Å². The van der Waals surface area contributed by atoms with Crippen LogP contribution in [0.4, 0.5) is 4.39 Å². The molecule has 0 spiro atoms. The maximum absolute atomic E-state index is 14.3. The fourth-order valence-corrected chi connectivity index (χ4v) is 7.03. The van der Waals surface area contributed by atoms with Gasteiger partial charge in [-0.3, -0.25) is 19.2 Å². The number of carbonyl (C=O) groups is 4. The normalized spacial score (nSPS) is 25.6. The summed E-state index contributed by atoms with van der Waals surface area (Å²) >= 11 is 5.68. The number of aromatic nitrogens is 1. The van der Waals surface area contributed by atoms with E-state index in [4.69, 9.17) is 11.6 Å². The molecule has 0 bridgehead atoms. The molecule has 1 aliphatic heterocycles. The van der Waals surface area contributed by atoms with E-state index in [1.54, 1.807) is 24.0 Å². The Labute approximate surface area is 232 Å². The number of H-pyrrole nitrogens is 1. The number of amides is 3. The van der Waals surface area contributed by atoms with Gasteiger partial charge in [-0.2, -0.15) is 0 Å². The maximum Gasteiger partial charge on any atom is 0.268 e. The number of aromatic amines is 1. The molecular formula is C29H36ClFN4O4. The zero-order valence-corrected chi connectivity index (χ0v) is 23.3. The van der Waals surface area contributed by atoms with Crippen LogP contribution in [0.2, 0.25) is 0 Å². The number of carbonyl (C=O) groups excluding carboxylic acids is 4. The Morgan fingerprint density at radius 3 is 2.54 bits per heavy atom. The predicted molar refractivity (Wildman–Crippen MR) is 146 cm³/mol. The number of nitrogens with zero attached hydrogens (tertiary/aromatic N) is 1.